The number of anilines is 1. The zero-order valence-electron chi connectivity index (χ0n) is 15.6. The quantitative estimate of drug-likeness (QED) is 0.410. The maximum absolute atomic E-state index is 12.4. The van der Waals surface area contributed by atoms with Gasteiger partial charge in [-0.25, -0.2) is 0 Å². The highest BCUT2D eigenvalue weighted by Gasteiger charge is 2.25. The van der Waals surface area contributed by atoms with Crippen LogP contribution < -0.4 is 15.0 Å². The molecule has 29 heavy (non-hydrogen) atoms. The minimum atomic E-state index is -0.410. The number of nitrogens with one attached hydrogen (secondary N) is 1. The molecule has 10 heteroatoms. The summed E-state index contributed by atoms with van der Waals surface area (Å²) >= 11 is 8.72. The highest BCUT2D eigenvalue weighted by Crippen LogP contribution is 2.32. The molecule has 0 unspecified atom stereocenters. The van der Waals surface area contributed by atoms with Gasteiger partial charge in [-0.2, -0.15) is 0 Å². The molecule has 2 aromatic rings. The number of ether oxygens (including phenoxy) is 1. The average Bonchev–Trinajstić information content (AvgIpc) is 2.73. The molecule has 0 spiro atoms. The fourth-order valence-electron chi connectivity index (χ4n) is 3.07. The van der Waals surface area contributed by atoms with Crippen LogP contribution in [0.3, 0.4) is 0 Å². The van der Waals surface area contributed by atoms with E-state index in [-0.39, 0.29) is 11.6 Å². The molecule has 1 saturated heterocycles. The van der Waals surface area contributed by atoms with Crippen LogP contribution in [0.5, 0.6) is 5.75 Å². The number of nitrogens with zero attached hydrogens (tertiary/aromatic N) is 3. The largest absolute Gasteiger partial charge is 0.496 e. The van der Waals surface area contributed by atoms with Gasteiger partial charge in [0.25, 0.3) is 11.6 Å². The van der Waals surface area contributed by atoms with Crippen molar-refractivity contribution in [3.8, 4) is 5.75 Å². The molecular formula is C19H19BrN4O4S. The van der Waals surface area contributed by atoms with Crippen LogP contribution >= 0.6 is 28.1 Å². The van der Waals surface area contributed by atoms with Gasteiger partial charge in [0.05, 0.1) is 18.1 Å². The topological polar surface area (TPSA) is 88.0 Å². The Morgan fingerprint density at radius 3 is 2.55 bits per heavy atom. The third kappa shape index (κ3) is 5.01. The Morgan fingerprint density at radius 2 is 1.93 bits per heavy atom. The number of nitro benzene ring substituents is 1. The number of piperazine rings is 1. The maximum Gasteiger partial charge on any atom is 0.296 e. The zero-order chi connectivity index (χ0) is 21.0. The number of carbonyl (C=O) groups excluding carboxylic acids is 1. The number of amides is 1. The molecular weight excluding hydrogens is 460 g/mol. The SMILES string of the molecule is COc1ccc(N2CCN(C(=S)NC(=O)c3cccc(Br)c3)CC2)c([N+](=O)[O-])c1. The first-order chi connectivity index (χ1) is 13.9. The molecule has 1 fully saturated rings. The van der Waals surface area contributed by atoms with Crippen LogP contribution in [-0.2, 0) is 0 Å². The van der Waals surface area contributed by atoms with Crippen LogP contribution in [0.1, 0.15) is 10.4 Å². The number of carbonyl (C=O) groups is 1. The van der Waals surface area contributed by atoms with Crippen LogP contribution in [-0.4, -0.2) is 54.1 Å². The van der Waals surface area contributed by atoms with E-state index in [0.717, 1.165) is 4.47 Å². The molecule has 0 atom stereocenters. The third-order valence-corrected chi connectivity index (χ3v) is 5.45. The summed E-state index contributed by atoms with van der Waals surface area (Å²) in [5.41, 5.74) is 1.05. The summed E-state index contributed by atoms with van der Waals surface area (Å²) in [7, 11) is 1.47. The Hall–Kier alpha value is -2.72. The lowest BCUT2D eigenvalue weighted by Gasteiger charge is -2.37. The molecule has 3 rings (SSSR count). The molecule has 1 N–H and O–H groups in total. The van der Waals surface area contributed by atoms with Crippen molar-refractivity contribution in [2.75, 3.05) is 38.2 Å². The third-order valence-electron chi connectivity index (χ3n) is 4.59. The van der Waals surface area contributed by atoms with E-state index in [1.165, 1.54) is 13.2 Å². The number of nitro groups is 1. The number of thiocarbonyl (C=S) groups is 1. The lowest BCUT2D eigenvalue weighted by Crippen LogP contribution is -2.52. The van der Waals surface area contributed by atoms with Gasteiger partial charge < -0.3 is 14.5 Å². The van der Waals surface area contributed by atoms with Crippen LogP contribution in [0.2, 0.25) is 0 Å². The molecule has 152 valence electrons. The highest BCUT2D eigenvalue weighted by molar-refractivity contribution is 9.10. The number of hydrogen-bond donors (Lipinski definition) is 1. The molecule has 1 aliphatic heterocycles. The minimum absolute atomic E-state index is 0.00309. The number of rotatable bonds is 4. The first kappa shape index (κ1) is 21.0. The summed E-state index contributed by atoms with van der Waals surface area (Å²) < 4.78 is 5.90. The number of halogens is 1. The van der Waals surface area contributed by atoms with Crippen LogP contribution in [0, 0.1) is 10.1 Å². The van der Waals surface area contributed by atoms with Crippen molar-refractivity contribution in [2.45, 2.75) is 0 Å². The Morgan fingerprint density at radius 1 is 1.21 bits per heavy atom. The summed E-state index contributed by atoms with van der Waals surface area (Å²) in [5.74, 6) is 0.167. The second-order valence-electron chi connectivity index (χ2n) is 6.36. The van der Waals surface area contributed by atoms with E-state index < -0.39 is 4.92 Å². The van der Waals surface area contributed by atoms with Gasteiger partial charge in [-0.15, -0.1) is 0 Å². The molecule has 2 aromatic carbocycles. The second-order valence-corrected chi connectivity index (χ2v) is 7.66. The first-order valence-electron chi connectivity index (χ1n) is 8.82. The van der Waals surface area contributed by atoms with Crippen molar-refractivity contribution in [1.82, 2.24) is 10.2 Å². The Labute approximate surface area is 181 Å². The van der Waals surface area contributed by atoms with Gasteiger partial charge in [0, 0.05) is 36.2 Å². The number of benzene rings is 2. The maximum atomic E-state index is 12.4. The summed E-state index contributed by atoms with van der Waals surface area (Å²) in [6.07, 6.45) is 0. The van der Waals surface area contributed by atoms with Gasteiger partial charge in [0.2, 0.25) is 0 Å². The van der Waals surface area contributed by atoms with Crippen molar-refractivity contribution in [3.63, 3.8) is 0 Å². The predicted molar refractivity (Wildman–Crippen MR) is 118 cm³/mol. The number of methoxy groups -OCH3 is 1. The van der Waals surface area contributed by atoms with Crippen LogP contribution in [0.15, 0.2) is 46.9 Å². The molecule has 1 amide bonds. The van der Waals surface area contributed by atoms with E-state index in [4.69, 9.17) is 17.0 Å². The lowest BCUT2D eigenvalue weighted by atomic mass is 10.2. The van der Waals surface area contributed by atoms with Gasteiger partial charge in [-0.1, -0.05) is 22.0 Å². The van der Waals surface area contributed by atoms with Gasteiger partial charge >= 0.3 is 0 Å². The van der Waals surface area contributed by atoms with Crippen molar-refractivity contribution in [2.24, 2.45) is 0 Å². The van der Waals surface area contributed by atoms with Gasteiger partial charge in [-0.3, -0.25) is 20.2 Å². The average molecular weight is 479 g/mol. The summed E-state index contributed by atoms with van der Waals surface area (Å²) in [4.78, 5) is 27.2. The van der Waals surface area contributed by atoms with Crippen LogP contribution in [0.25, 0.3) is 0 Å². The van der Waals surface area contributed by atoms with Crippen molar-refractivity contribution in [1.29, 1.82) is 0 Å². The monoisotopic (exact) mass is 478 g/mol. The molecule has 1 heterocycles. The Balaban J connectivity index is 1.62. The summed E-state index contributed by atoms with van der Waals surface area (Å²) in [5, 5.41) is 14.5. The fraction of sp³-hybridized carbons (Fsp3) is 0.263. The zero-order valence-corrected chi connectivity index (χ0v) is 18.0. The van der Waals surface area contributed by atoms with E-state index in [1.807, 2.05) is 15.9 Å². The van der Waals surface area contributed by atoms with E-state index in [0.29, 0.717) is 48.3 Å². The number of hydrogen-bond acceptors (Lipinski definition) is 6. The minimum Gasteiger partial charge on any atom is -0.496 e. The van der Waals surface area contributed by atoms with Gasteiger partial charge in [0.1, 0.15) is 11.4 Å². The van der Waals surface area contributed by atoms with Crippen molar-refractivity contribution >= 4 is 50.5 Å². The van der Waals surface area contributed by atoms with Gasteiger partial charge in [0.15, 0.2) is 5.11 Å². The standard InChI is InChI=1S/C19H19BrN4O4S/c1-28-15-5-6-16(17(12-15)24(26)27)22-7-9-23(10-8-22)19(29)21-18(25)13-3-2-4-14(20)11-13/h2-6,11-12H,7-10H2,1H3,(H,21,25,29). The molecule has 1 aliphatic rings. The molecule has 0 radical (unpaired) electrons. The summed E-state index contributed by atoms with van der Waals surface area (Å²) in [6, 6.07) is 11.9. The fourth-order valence-corrected chi connectivity index (χ4v) is 3.75. The Kier molecular flexibility index (Phi) is 6.65. The van der Waals surface area contributed by atoms with Crippen molar-refractivity contribution < 1.29 is 14.5 Å². The lowest BCUT2D eigenvalue weighted by molar-refractivity contribution is -0.384. The molecule has 8 nitrogen and oxygen atoms in total. The second kappa shape index (κ2) is 9.19. The summed E-state index contributed by atoms with van der Waals surface area (Å²) in [6.45, 7) is 2.17. The van der Waals surface area contributed by atoms with E-state index in [1.54, 1.807) is 30.3 Å². The molecule has 0 bridgehead atoms. The van der Waals surface area contributed by atoms with E-state index >= 15 is 0 Å². The van der Waals surface area contributed by atoms with Crippen LogP contribution in [0.4, 0.5) is 11.4 Å². The normalized spacial score (nSPS) is 13.7. The van der Waals surface area contributed by atoms with E-state index in [9.17, 15) is 14.9 Å². The molecule has 0 aliphatic carbocycles. The van der Waals surface area contributed by atoms with Crippen molar-refractivity contribution in [3.05, 3.63) is 62.6 Å². The van der Waals surface area contributed by atoms with Gasteiger partial charge in [-0.05, 0) is 42.5 Å². The van der Waals surface area contributed by atoms with E-state index in [2.05, 4.69) is 21.2 Å². The Bertz CT molecular complexity index is 948. The highest BCUT2D eigenvalue weighted by atomic mass is 79.9. The molecule has 0 saturated carbocycles. The molecule has 0 aromatic heterocycles. The predicted octanol–water partition coefficient (Wildman–Crippen LogP) is 3.20. The first-order valence-corrected chi connectivity index (χ1v) is 10.0. The smallest absolute Gasteiger partial charge is 0.296 e.